The number of amides is 1. The molecule has 1 aliphatic heterocycles. The van der Waals surface area contributed by atoms with Crippen molar-refractivity contribution in [3.8, 4) is 0 Å². The Bertz CT molecular complexity index is 699. The summed E-state index contributed by atoms with van der Waals surface area (Å²) in [6, 6.07) is 4.36. The zero-order valence-electron chi connectivity index (χ0n) is 16.6. The number of nitrogens with one attached hydrogen (secondary N) is 1. The molecule has 1 N–H and O–H groups in total. The van der Waals surface area contributed by atoms with Crippen molar-refractivity contribution in [1.29, 1.82) is 0 Å². The number of hydrogen-bond donors (Lipinski definition) is 1. The fourth-order valence-electron chi connectivity index (χ4n) is 3.41. The topological polar surface area (TPSA) is 102 Å². The second-order valence-corrected chi connectivity index (χ2v) is 7.20. The number of anilines is 1. The van der Waals surface area contributed by atoms with Crippen molar-refractivity contribution in [3.63, 3.8) is 0 Å². The Kier molecular flexibility index (Phi) is 8.22. The number of carbonyl (C=O) groups is 2. The molecule has 154 valence electrons. The van der Waals surface area contributed by atoms with E-state index in [1.54, 1.807) is 6.07 Å². The molecule has 8 nitrogen and oxygen atoms in total. The van der Waals surface area contributed by atoms with E-state index >= 15 is 0 Å². The van der Waals surface area contributed by atoms with Gasteiger partial charge in [0.15, 0.2) is 6.61 Å². The zero-order valence-corrected chi connectivity index (χ0v) is 16.6. The van der Waals surface area contributed by atoms with Crippen LogP contribution < -0.4 is 10.2 Å². The first-order chi connectivity index (χ1) is 13.4. The fourth-order valence-corrected chi connectivity index (χ4v) is 3.41. The molecule has 1 aliphatic rings. The maximum atomic E-state index is 12.2. The van der Waals surface area contributed by atoms with Gasteiger partial charge in [-0.1, -0.05) is 26.2 Å². The Balaban J connectivity index is 2.04. The summed E-state index contributed by atoms with van der Waals surface area (Å²) in [5, 5.41) is 14.3. The van der Waals surface area contributed by atoms with Crippen LogP contribution in [0.3, 0.4) is 0 Å². The minimum Gasteiger partial charge on any atom is -0.452 e. The highest BCUT2D eigenvalue weighted by Crippen LogP contribution is 2.31. The molecule has 0 aromatic heterocycles. The van der Waals surface area contributed by atoms with E-state index in [-0.39, 0.29) is 23.2 Å². The molecule has 2 rings (SSSR count). The van der Waals surface area contributed by atoms with Gasteiger partial charge < -0.3 is 15.0 Å². The third-order valence-corrected chi connectivity index (χ3v) is 4.82. The lowest BCUT2D eigenvalue weighted by Crippen LogP contribution is -2.35. The summed E-state index contributed by atoms with van der Waals surface area (Å²) in [6.07, 6.45) is 6.00. The molecule has 1 heterocycles. The van der Waals surface area contributed by atoms with Crippen LogP contribution in [-0.4, -0.2) is 42.5 Å². The van der Waals surface area contributed by atoms with Crippen molar-refractivity contribution < 1.29 is 19.2 Å². The number of hydrogen-bond acceptors (Lipinski definition) is 6. The lowest BCUT2D eigenvalue weighted by Gasteiger charge is -2.22. The van der Waals surface area contributed by atoms with Crippen LogP contribution in [-0.2, 0) is 9.53 Å². The van der Waals surface area contributed by atoms with Gasteiger partial charge in [-0.15, -0.1) is 0 Å². The lowest BCUT2D eigenvalue weighted by atomic mass is 10.1. The summed E-state index contributed by atoms with van der Waals surface area (Å²) < 4.78 is 5.02. The van der Waals surface area contributed by atoms with E-state index < -0.39 is 17.5 Å². The highest BCUT2D eigenvalue weighted by atomic mass is 16.6. The van der Waals surface area contributed by atoms with Crippen molar-refractivity contribution in [3.05, 3.63) is 33.9 Å². The Hall–Kier alpha value is -2.64. The second-order valence-electron chi connectivity index (χ2n) is 7.20. The number of rotatable bonds is 8. The van der Waals surface area contributed by atoms with Crippen LogP contribution in [0.15, 0.2) is 18.2 Å². The highest BCUT2D eigenvalue weighted by molar-refractivity contribution is 5.93. The van der Waals surface area contributed by atoms with Gasteiger partial charge in [0, 0.05) is 25.2 Å². The highest BCUT2D eigenvalue weighted by Gasteiger charge is 2.23. The maximum absolute atomic E-state index is 12.2. The molecule has 1 amide bonds. The van der Waals surface area contributed by atoms with Crippen molar-refractivity contribution in [1.82, 2.24) is 5.32 Å². The number of nitro groups is 1. The van der Waals surface area contributed by atoms with Gasteiger partial charge in [-0.25, -0.2) is 4.79 Å². The molecular weight excluding hydrogens is 362 g/mol. The molecule has 8 heteroatoms. The molecule has 0 saturated carbocycles. The minimum atomic E-state index is -0.746. The van der Waals surface area contributed by atoms with Crippen LogP contribution in [0.1, 0.15) is 62.7 Å². The molecule has 1 aromatic carbocycles. The number of benzene rings is 1. The molecule has 0 radical (unpaired) electrons. The van der Waals surface area contributed by atoms with E-state index in [2.05, 4.69) is 5.32 Å². The first-order valence-corrected chi connectivity index (χ1v) is 9.92. The van der Waals surface area contributed by atoms with Crippen LogP contribution in [0.25, 0.3) is 0 Å². The number of nitrogens with zero attached hydrogens (tertiary/aromatic N) is 2. The molecule has 28 heavy (non-hydrogen) atoms. The van der Waals surface area contributed by atoms with Gasteiger partial charge in [-0.2, -0.15) is 0 Å². The first-order valence-electron chi connectivity index (χ1n) is 9.92. The largest absolute Gasteiger partial charge is 0.452 e. The second kappa shape index (κ2) is 10.6. The molecule has 1 fully saturated rings. The van der Waals surface area contributed by atoms with E-state index in [9.17, 15) is 19.7 Å². The minimum absolute atomic E-state index is 0.00481. The molecular formula is C20H29N3O5. The van der Waals surface area contributed by atoms with Gasteiger partial charge in [0.1, 0.15) is 5.69 Å². The van der Waals surface area contributed by atoms with Gasteiger partial charge in [-0.05, 0) is 38.3 Å². The van der Waals surface area contributed by atoms with Crippen LogP contribution in [0.2, 0.25) is 0 Å². The summed E-state index contributed by atoms with van der Waals surface area (Å²) >= 11 is 0. The van der Waals surface area contributed by atoms with Crippen molar-refractivity contribution in [2.24, 2.45) is 0 Å². The van der Waals surface area contributed by atoms with E-state index in [1.165, 1.54) is 12.1 Å². The first kappa shape index (κ1) is 21.7. The standard InChI is InChI=1S/C20H29N3O5/c1-3-8-15(2)21-19(24)14-28-20(25)16-9-10-17(18(13-16)23(26)27)22-11-6-4-5-7-12-22/h9-10,13,15H,3-8,11-12,14H2,1-2H3,(H,21,24)/t15-/m0/s1. The average molecular weight is 391 g/mol. The molecule has 0 spiro atoms. The Labute approximate surface area is 165 Å². The van der Waals surface area contributed by atoms with Crippen LogP contribution in [0, 0.1) is 10.1 Å². The average Bonchev–Trinajstić information content (AvgIpc) is 2.95. The van der Waals surface area contributed by atoms with Crippen LogP contribution in [0.4, 0.5) is 11.4 Å². The van der Waals surface area contributed by atoms with Crippen LogP contribution in [0.5, 0.6) is 0 Å². The van der Waals surface area contributed by atoms with Crippen molar-refractivity contribution >= 4 is 23.3 Å². The Morgan fingerprint density at radius 3 is 2.54 bits per heavy atom. The third-order valence-electron chi connectivity index (χ3n) is 4.82. The van der Waals surface area contributed by atoms with E-state index in [0.717, 1.165) is 51.6 Å². The van der Waals surface area contributed by atoms with Gasteiger partial charge in [0.05, 0.1) is 10.5 Å². The quantitative estimate of drug-likeness (QED) is 0.414. The molecule has 1 aromatic rings. The van der Waals surface area contributed by atoms with Gasteiger partial charge in [-0.3, -0.25) is 14.9 Å². The van der Waals surface area contributed by atoms with Crippen LogP contribution >= 0.6 is 0 Å². The molecule has 0 aliphatic carbocycles. The Morgan fingerprint density at radius 2 is 1.93 bits per heavy atom. The lowest BCUT2D eigenvalue weighted by molar-refractivity contribution is -0.384. The van der Waals surface area contributed by atoms with Gasteiger partial charge >= 0.3 is 5.97 Å². The van der Waals surface area contributed by atoms with E-state index in [0.29, 0.717) is 5.69 Å². The predicted molar refractivity (Wildman–Crippen MR) is 107 cm³/mol. The Morgan fingerprint density at radius 1 is 1.25 bits per heavy atom. The number of ether oxygens (including phenoxy) is 1. The molecule has 0 unspecified atom stereocenters. The summed E-state index contributed by atoms with van der Waals surface area (Å²) in [6.45, 7) is 5.02. The summed E-state index contributed by atoms with van der Waals surface area (Å²) in [5.41, 5.74) is 0.478. The molecule has 0 bridgehead atoms. The number of nitro benzene ring substituents is 1. The van der Waals surface area contributed by atoms with Crippen molar-refractivity contribution in [2.75, 3.05) is 24.6 Å². The predicted octanol–water partition coefficient (Wildman–Crippen LogP) is 3.44. The molecule has 1 saturated heterocycles. The SMILES string of the molecule is CCC[C@H](C)NC(=O)COC(=O)c1ccc(N2CCCCCC2)c([N+](=O)[O-])c1. The van der Waals surface area contributed by atoms with E-state index in [4.69, 9.17) is 4.74 Å². The number of esters is 1. The van der Waals surface area contributed by atoms with Gasteiger partial charge in [0.25, 0.3) is 11.6 Å². The summed E-state index contributed by atoms with van der Waals surface area (Å²) in [4.78, 5) is 37.1. The van der Waals surface area contributed by atoms with E-state index in [1.807, 2.05) is 18.7 Å². The third kappa shape index (κ3) is 6.21. The smallest absolute Gasteiger partial charge is 0.338 e. The summed E-state index contributed by atoms with van der Waals surface area (Å²) in [5.74, 6) is -1.13. The van der Waals surface area contributed by atoms with Gasteiger partial charge in [0.2, 0.25) is 0 Å². The molecule has 1 atom stereocenters. The monoisotopic (exact) mass is 391 g/mol. The summed E-state index contributed by atoms with van der Waals surface area (Å²) in [7, 11) is 0. The normalized spacial score (nSPS) is 15.4. The number of carbonyl (C=O) groups excluding carboxylic acids is 2. The van der Waals surface area contributed by atoms with Crippen molar-refractivity contribution in [2.45, 2.75) is 58.4 Å². The fraction of sp³-hybridized carbons (Fsp3) is 0.600. The maximum Gasteiger partial charge on any atom is 0.338 e. The zero-order chi connectivity index (χ0) is 20.5.